The van der Waals surface area contributed by atoms with E-state index in [9.17, 15) is 14.4 Å². The highest BCUT2D eigenvalue weighted by atomic mass is 16.5. The first-order chi connectivity index (χ1) is 10.4. The standard InChI is InChI=1S/C13H24N4O5/c1-5-21-9-16-11(20)17(10-22-6-2)13(4,15-8-19)12(16,3)14-7-18/h7-8H,5-6,9-10H2,1-4H3,(H,14,18)(H,15,19). The van der Waals surface area contributed by atoms with Crippen molar-refractivity contribution in [1.82, 2.24) is 20.4 Å². The van der Waals surface area contributed by atoms with Crippen molar-refractivity contribution in [2.45, 2.75) is 39.0 Å². The van der Waals surface area contributed by atoms with E-state index in [1.807, 2.05) is 0 Å². The minimum absolute atomic E-state index is 0.0224. The van der Waals surface area contributed by atoms with Crippen molar-refractivity contribution < 1.29 is 23.9 Å². The molecule has 0 aromatic rings. The van der Waals surface area contributed by atoms with Crippen LogP contribution in [0.3, 0.4) is 0 Å². The lowest BCUT2D eigenvalue weighted by Gasteiger charge is -2.44. The number of rotatable bonds is 10. The lowest BCUT2D eigenvalue weighted by atomic mass is 9.96. The number of carbonyl (C=O) groups is 3. The van der Waals surface area contributed by atoms with Crippen molar-refractivity contribution in [3.8, 4) is 0 Å². The Bertz CT molecular complexity index is 385. The zero-order valence-corrected chi connectivity index (χ0v) is 13.4. The van der Waals surface area contributed by atoms with Gasteiger partial charge in [-0.2, -0.15) is 0 Å². The van der Waals surface area contributed by atoms with Crippen LogP contribution in [0, 0.1) is 0 Å². The lowest BCUT2D eigenvalue weighted by molar-refractivity contribution is -0.124. The van der Waals surface area contributed by atoms with Gasteiger partial charge in [-0.3, -0.25) is 19.4 Å². The van der Waals surface area contributed by atoms with Crippen molar-refractivity contribution in [3.63, 3.8) is 0 Å². The predicted molar refractivity (Wildman–Crippen MR) is 77.3 cm³/mol. The van der Waals surface area contributed by atoms with Crippen LogP contribution in [-0.2, 0) is 19.1 Å². The molecule has 2 unspecified atom stereocenters. The van der Waals surface area contributed by atoms with E-state index in [1.54, 1.807) is 27.7 Å². The summed E-state index contributed by atoms with van der Waals surface area (Å²) >= 11 is 0. The zero-order valence-electron chi connectivity index (χ0n) is 13.4. The van der Waals surface area contributed by atoms with Crippen molar-refractivity contribution in [1.29, 1.82) is 0 Å². The van der Waals surface area contributed by atoms with E-state index in [1.165, 1.54) is 9.80 Å². The Morgan fingerprint density at radius 2 is 1.32 bits per heavy atom. The summed E-state index contributed by atoms with van der Waals surface area (Å²) in [7, 11) is 0. The largest absolute Gasteiger partial charge is 0.361 e. The third kappa shape index (κ3) is 2.86. The van der Waals surface area contributed by atoms with E-state index in [0.29, 0.717) is 26.0 Å². The molecule has 1 rings (SSSR count). The molecule has 1 saturated heterocycles. The Morgan fingerprint density at radius 1 is 0.955 bits per heavy atom. The van der Waals surface area contributed by atoms with Crippen LogP contribution in [0.1, 0.15) is 27.7 Å². The molecule has 0 aliphatic carbocycles. The second-order valence-corrected chi connectivity index (χ2v) is 5.05. The van der Waals surface area contributed by atoms with Gasteiger partial charge in [0.05, 0.1) is 0 Å². The van der Waals surface area contributed by atoms with E-state index in [4.69, 9.17) is 9.47 Å². The Labute approximate surface area is 129 Å². The number of urea groups is 1. The number of nitrogens with zero attached hydrogens (tertiary/aromatic N) is 2. The number of hydrogen-bond acceptors (Lipinski definition) is 5. The molecule has 22 heavy (non-hydrogen) atoms. The summed E-state index contributed by atoms with van der Waals surface area (Å²) in [5.74, 6) is 0. The van der Waals surface area contributed by atoms with E-state index >= 15 is 0 Å². The number of hydrogen-bond donors (Lipinski definition) is 2. The first-order valence-electron chi connectivity index (χ1n) is 7.10. The molecule has 126 valence electrons. The van der Waals surface area contributed by atoms with Gasteiger partial charge in [0.15, 0.2) is 11.3 Å². The van der Waals surface area contributed by atoms with E-state index in [2.05, 4.69) is 10.6 Å². The number of ether oxygens (including phenoxy) is 2. The molecule has 9 heteroatoms. The summed E-state index contributed by atoms with van der Waals surface area (Å²) in [6, 6.07) is -0.407. The van der Waals surface area contributed by atoms with Gasteiger partial charge in [-0.25, -0.2) is 4.79 Å². The topological polar surface area (TPSA) is 100 Å². The van der Waals surface area contributed by atoms with Crippen molar-refractivity contribution in [2.75, 3.05) is 26.7 Å². The second-order valence-electron chi connectivity index (χ2n) is 5.05. The summed E-state index contributed by atoms with van der Waals surface area (Å²) in [5, 5.41) is 5.24. The van der Waals surface area contributed by atoms with Gasteiger partial charge < -0.3 is 20.1 Å². The molecule has 2 atom stereocenters. The maximum Gasteiger partial charge on any atom is 0.327 e. The van der Waals surface area contributed by atoms with Crippen LogP contribution < -0.4 is 10.6 Å². The highest BCUT2D eigenvalue weighted by Crippen LogP contribution is 2.37. The molecule has 2 N–H and O–H groups in total. The number of carbonyl (C=O) groups excluding carboxylic acids is 3. The van der Waals surface area contributed by atoms with Crippen molar-refractivity contribution in [2.24, 2.45) is 0 Å². The summed E-state index contributed by atoms with van der Waals surface area (Å²) in [5.41, 5.74) is -2.39. The Morgan fingerprint density at radius 3 is 1.59 bits per heavy atom. The molecule has 1 aliphatic rings. The van der Waals surface area contributed by atoms with Crippen LogP contribution in [0.2, 0.25) is 0 Å². The first kappa shape index (κ1) is 18.2. The van der Waals surface area contributed by atoms with Gasteiger partial charge in [0.25, 0.3) is 0 Å². The highest BCUT2D eigenvalue weighted by Gasteiger charge is 2.63. The summed E-state index contributed by atoms with van der Waals surface area (Å²) in [4.78, 5) is 37.5. The summed E-state index contributed by atoms with van der Waals surface area (Å²) in [6.07, 6.45) is 0.974. The van der Waals surface area contributed by atoms with Gasteiger partial charge in [0.2, 0.25) is 12.8 Å². The SMILES string of the molecule is CCOCN1C(=O)N(COCC)C(C)(NC=O)C1(C)NC=O. The average molecular weight is 316 g/mol. The number of nitrogens with one attached hydrogen (secondary N) is 2. The zero-order chi connectivity index (χ0) is 16.8. The average Bonchev–Trinajstić information content (AvgIpc) is 2.61. The Kier molecular flexibility index (Phi) is 6.12. The van der Waals surface area contributed by atoms with Crippen molar-refractivity contribution in [3.05, 3.63) is 0 Å². The minimum Gasteiger partial charge on any atom is -0.361 e. The van der Waals surface area contributed by atoms with E-state index in [0.717, 1.165) is 0 Å². The molecule has 0 aromatic carbocycles. The monoisotopic (exact) mass is 316 g/mol. The molecule has 9 nitrogen and oxygen atoms in total. The van der Waals surface area contributed by atoms with E-state index in [-0.39, 0.29) is 13.5 Å². The Balaban J connectivity index is 3.25. The van der Waals surface area contributed by atoms with Crippen LogP contribution >= 0.6 is 0 Å². The van der Waals surface area contributed by atoms with Crippen LogP contribution in [0.15, 0.2) is 0 Å². The molecule has 4 amide bonds. The fraction of sp³-hybridized carbons (Fsp3) is 0.769. The van der Waals surface area contributed by atoms with Crippen LogP contribution in [-0.4, -0.2) is 66.7 Å². The third-order valence-electron chi connectivity index (χ3n) is 4.02. The van der Waals surface area contributed by atoms with Gasteiger partial charge in [-0.05, 0) is 27.7 Å². The van der Waals surface area contributed by atoms with Gasteiger partial charge in [-0.1, -0.05) is 0 Å². The van der Waals surface area contributed by atoms with Crippen molar-refractivity contribution >= 4 is 18.9 Å². The van der Waals surface area contributed by atoms with Gasteiger partial charge in [-0.15, -0.1) is 0 Å². The molecular formula is C13H24N4O5. The maximum absolute atomic E-state index is 12.7. The Hall–Kier alpha value is -1.87. The smallest absolute Gasteiger partial charge is 0.327 e. The predicted octanol–water partition coefficient (Wildman–Crippen LogP) is -0.364. The minimum atomic E-state index is -1.20. The second kappa shape index (κ2) is 7.41. The maximum atomic E-state index is 12.7. The lowest BCUT2D eigenvalue weighted by Crippen LogP contribution is -2.72. The van der Waals surface area contributed by atoms with Gasteiger partial charge >= 0.3 is 6.03 Å². The molecule has 1 fully saturated rings. The van der Waals surface area contributed by atoms with Crippen LogP contribution in [0.25, 0.3) is 0 Å². The van der Waals surface area contributed by atoms with Gasteiger partial charge in [0, 0.05) is 13.2 Å². The third-order valence-corrected chi connectivity index (χ3v) is 4.02. The fourth-order valence-electron chi connectivity index (χ4n) is 2.45. The molecule has 0 aromatic heterocycles. The van der Waals surface area contributed by atoms with Gasteiger partial charge in [0.1, 0.15) is 13.5 Å². The van der Waals surface area contributed by atoms with Crippen LogP contribution in [0.4, 0.5) is 4.79 Å². The molecule has 0 spiro atoms. The number of amides is 4. The van der Waals surface area contributed by atoms with Crippen LogP contribution in [0.5, 0.6) is 0 Å². The highest BCUT2D eigenvalue weighted by molar-refractivity contribution is 5.81. The fourth-order valence-corrected chi connectivity index (χ4v) is 2.45. The van der Waals surface area contributed by atoms with E-state index < -0.39 is 17.4 Å². The first-order valence-corrected chi connectivity index (χ1v) is 7.10. The quantitative estimate of drug-likeness (QED) is 0.536. The molecule has 1 aliphatic heterocycles. The molecule has 0 saturated carbocycles. The molecular weight excluding hydrogens is 292 g/mol. The summed E-state index contributed by atoms with van der Waals surface area (Å²) < 4.78 is 10.6. The molecule has 0 bridgehead atoms. The summed E-state index contributed by atoms with van der Waals surface area (Å²) in [6.45, 7) is 7.64. The normalized spacial score (nSPS) is 27.9. The molecule has 0 radical (unpaired) electrons. The molecule has 1 heterocycles.